The van der Waals surface area contributed by atoms with Crippen LogP contribution in [0.2, 0.25) is 0 Å². The van der Waals surface area contributed by atoms with E-state index in [0.717, 1.165) is 22.6 Å². The molecule has 2 atom stereocenters. The number of aliphatic hydroxyl groups is 1. The molecule has 1 heterocycles. The molecule has 0 spiro atoms. The summed E-state index contributed by atoms with van der Waals surface area (Å²) in [6.45, 7) is 2.62. The van der Waals surface area contributed by atoms with Gasteiger partial charge in [0.1, 0.15) is 24.5 Å². The normalized spacial score (nSPS) is 13.1. The largest absolute Gasteiger partial charge is 0.465 e. The molecule has 2 aromatic carbocycles. The highest BCUT2D eigenvalue weighted by molar-refractivity contribution is 5.89. The number of esters is 1. The van der Waals surface area contributed by atoms with E-state index in [-0.39, 0.29) is 12.0 Å². The number of rotatable bonds is 7. The fraction of sp³-hybridized carbons (Fsp3) is 0.227. The van der Waals surface area contributed by atoms with Crippen LogP contribution in [-0.2, 0) is 11.3 Å². The van der Waals surface area contributed by atoms with Crippen molar-refractivity contribution in [3.05, 3.63) is 83.6 Å². The van der Waals surface area contributed by atoms with Crippen molar-refractivity contribution in [3.8, 4) is 11.3 Å². The molecule has 0 aliphatic carbocycles. The lowest BCUT2D eigenvalue weighted by atomic mass is 10.0. The highest BCUT2D eigenvalue weighted by Crippen LogP contribution is 2.22. The van der Waals surface area contributed by atoms with Crippen LogP contribution >= 0.6 is 0 Å². The number of quaternary nitrogens is 1. The van der Waals surface area contributed by atoms with E-state index >= 15 is 0 Å². The number of hydrogen-bond donors (Lipinski definition) is 2. The topological polar surface area (TPSA) is 76.3 Å². The maximum atomic E-state index is 11.5. The minimum absolute atomic E-state index is 0.000268. The third kappa shape index (κ3) is 4.64. The number of ether oxygens (including phenoxy) is 1. The predicted octanol–water partition coefficient (Wildman–Crippen LogP) is 2.92. The molecule has 0 saturated heterocycles. The summed E-state index contributed by atoms with van der Waals surface area (Å²) in [5, 5.41) is 12.5. The highest BCUT2D eigenvalue weighted by atomic mass is 16.5. The van der Waals surface area contributed by atoms with Crippen LogP contribution in [0.3, 0.4) is 0 Å². The second-order valence-electron chi connectivity index (χ2n) is 6.49. The van der Waals surface area contributed by atoms with Gasteiger partial charge in [0.25, 0.3) is 0 Å². The third-order valence-electron chi connectivity index (χ3n) is 4.58. The van der Waals surface area contributed by atoms with Gasteiger partial charge in [0.15, 0.2) is 5.76 Å². The number of carbonyl (C=O) groups is 1. The first kappa shape index (κ1) is 18.9. The monoisotopic (exact) mass is 366 g/mol. The van der Waals surface area contributed by atoms with Gasteiger partial charge in [-0.1, -0.05) is 42.5 Å². The molecular weight excluding hydrogens is 342 g/mol. The zero-order chi connectivity index (χ0) is 19.2. The molecule has 0 unspecified atom stereocenters. The Bertz CT molecular complexity index is 871. The minimum atomic E-state index is -0.536. The van der Waals surface area contributed by atoms with Gasteiger partial charge in [0.2, 0.25) is 0 Å². The van der Waals surface area contributed by atoms with Crippen molar-refractivity contribution in [2.24, 2.45) is 0 Å². The smallest absolute Gasteiger partial charge is 0.337 e. The summed E-state index contributed by atoms with van der Waals surface area (Å²) in [6, 6.07) is 20.6. The van der Waals surface area contributed by atoms with Crippen molar-refractivity contribution in [2.45, 2.75) is 25.6 Å². The SMILES string of the molecule is COC(=O)c1ccc(-c2ccc(C[NH2+][C@H](C)[C@@H](O)c3ccccc3)o2)cc1. The van der Waals surface area contributed by atoms with E-state index in [4.69, 9.17) is 9.15 Å². The first-order valence-electron chi connectivity index (χ1n) is 8.92. The lowest BCUT2D eigenvalue weighted by Gasteiger charge is -2.17. The zero-order valence-electron chi connectivity index (χ0n) is 15.5. The molecule has 27 heavy (non-hydrogen) atoms. The second kappa shape index (κ2) is 8.66. The minimum Gasteiger partial charge on any atom is -0.465 e. The molecule has 5 heteroatoms. The van der Waals surface area contributed by atoms with Gasteiger partial charge in [-0.25, -0.2) is 4.79 Å². The lowest BCUT2D eigenvalue weighted by molar-refractivity contribution is -0.710. The molecule has 3 rings (SSSR count). The van der Waals surface area contributed by atoms with Gasteiger partial charge in [-0.2, -0.15) is 0 Å². The first-order valence-corrected chi connectivity index (χ1v) is 8.92. The van der Waals surface area contributed by atoms with E-state index in [0.29, 0.717) is 12.1 Å². The summed E-state index contributed by atoms with van der Waals surface area (Å²) in [5.74, 6) is 1.21. The lowest BCUT2D eigenvalue weighted by Crippen LogP contribution is -2.88. The summed E-state index contributed by atoms with van der Waals surface area (Å²) in [6.07, 6.45) is -0.536. The Morgan fingerprint density at radius 1 is 1.07 bits per heavy atom. The molecule has 0 aliphatic rings. The Morgan fingerprint density at radius 3 is 2.44 bits per heavy atom. The summed E-state index contributed by atoms with van der Waals surface area (Å²) >= 11 is 0. The van der Waals surface area contributed by atoms with Gasteiger partial charge in [-0.15, -0.1) is 0 Å². The Balaban J connectivity index is 1.60. The number of benzene rings is 2. The van der Waals surface area contributed by atoms with Crippen LogP contribution in [0, 0.1) is 0 Å². The molecule has 0 aliphatic heterocycles. The molecule has 1 aromatic heterocycles. The molecule has 0 amide bonds. The summed E-state index contributed by atoms with van der Waals surface area (Å²) < 4.78 is 10.6. The average molecular weight is 366 g/mol. The number of carbonyl (C=O) groups excluding carboxylic acids is 1. The molecule has 140 valence electrons. The van der Waals surface area contributed by atoms with Gasteiger partial charge in [-0.3, -0.25) is 0 Å². The molecule has 0 saturated carbocycles. The van der Waals surface area contributed by atoms with Crippen LogP contribution in [0.15, 0.2) is 71.1 Å². The molecule has 0 fully saturated rings. The fourth-order valence-corrected chi connectivity index (χ4v) is 2.92. The Hall–Kier alpha value is -2.89. The van der Waals surface area contributed by atoms with E-state index in [9.17, 15) is 9.90 Å². The Kier molecular flexibility index (Phi) is 6.06. The number of furan rings is 1. The number of nitrogens with two attached hydrogens (primary N) is 1. The van der Waals surface area contributed by atoms with E-state index in [1.807, 2.05) is 61.5 Å². The second-order valence-corrected chi connectivity index (χ2v) is 6.49. The van der Waals surface area contributed by atoms with Crippen LogP contribution in [0.25, 0.3) is 11.3 Å². The van der Waals surface area contributed by atoms with Crippen molar-refractivity contribution in [2.75, 3.05) is 7.11 Å². The van der Waals surface area contributed by atoms with Crippen molar-refractivity contribution in [3.63, 3.8) is 0 Å². The maximum absolute atomic E-state index is 11.5. The van der Waals surface area contributed by atoms with Crippen molar-refractivity contribution < 1.29 is 24.4 Å². The van der Waals surface area contributed by atoms with E-state index in [1.165, 1.54) is 7.11 Å². The third-order valence-corrected chi connectivity index (χ3v) is 4.58. The van der Waals surface area contributed by atoms with Crippen LogP contribution in [0.1, 0.15) is 34.7 Å². The van der Waals surface area contributed by atoms with Gasteiger partial charge in [0.05, 0.1) is 12.7 Å². The standard InChI is InChI=1S/C22H23NO4/c1-15(21(24)17-6-4-3-5-7-17)23-14-19-12-13-20(27-19)16-8-10-18(11-9-16)22(25)26-2/h3-13,15,21,23-24H,14H2,1-2H3/p+1/t15-,21-/m1/s1. The van der Waals surface area contributed by atoms with Crippen molar-refractivity contribution >= 4 is 5.97 Å². The molecule has 0 radical (unpaired) electrons. The van der Waals surface area contributed by atoms with Crippen molar-refractivity contribution in [1.29, 1.82) is 0 Å². The zero-order valence-corrected chi connectivity index (χ0v) is 15.5. The fourth-order valence-electron chi connectivity index (χ4n) is 2.92. The molecule has 0 bridgehead atoms. The average Bonchev–Trinajstić information content (AvgIpc) is 3.20. The van der Waals surface area contributed by atoms with Gasteiger partial charge in [0, 0.05) is 5.56 Å². The van der Waals surface area contributed by atoms with Crippen LogP contribution in [0.5, 0.6) is 0 Å². The molecule has 3 aromatic rings. The maximum Gasteiger partial charge on any atom is 0.337 e. The number of hydrogen-bond acceptors (Lipinski definition) is 4. The molecule has 5 nitrogen and oxygen atoms in total. The van der Waals surface area contributed by atoms with Gasteiger partial charge in [-0.05, 0) is 36.8 Å². The van der Waals surface area contributed by atoms with E-state index in [2.05, 4.69) is 5.32 Å². The van der Waals surface area contributed by atoms with Crippen LogP contribution in [0.4, 0.5) is 0 Å². The molecular formula is C22H24NO4+. The quantitative estimate of drug-likeness (QED) is 0.631. The summed E-state index contributed by atoms with van der Waals surface area (Å²) in [5.41, 5.74) is 2.31. The highest BCUT2D eigenvalue weighted by Gasteiger charge is 2.19. The Labute approximate surface area is 158 Å². The summed E-state index contributed by atoms with van der Waals surface area (Å²) in [4.78, 5) is 11.5. The van der Waals surface area contributed by atoms with Crippen LogP contribution < -0.4 is 5.32 Å². The first-order chi connectivity index (χ1) is 13.1. The van der Waals surface area contributed by atoms with Gasteiger partial charge < -0.3 is 19.6 Å². The predicted molar refractivity (Wildman–Crippen MR) is 102 cm³/mol. The number of methoxy groups -OCH3 is 1. The number of aliphatic hydroxyl groups excluding tert-OH is 1. The van der Waals surface area contributed by atoms with Crippen molar-refractivity contribution in [1.82, 2.24) is 0 Å². The van der Waals surface area contributed by atoms with Crippen LogP contribution in [-0.4, -0.2) is 24.2 Å². The van der Waals surface area contributed by atoms with E-state index in [1.54, 1.807) is 12.1 Å². The summed E-state index contributed by atoms with van der Waals surface area (Å²) in [7, 11) is 1.36. The molecule has 3 N–H and O–H groups in total. The van der Waals surface area contributed by atoms with Gasteiger partial charge >= 0.3 is 5.97 Å². The Morgan fingerprint density at radius 2 is 1.78 bits per heavy atom. The van der Waals surface area contributed by atoms with E-state index < -0.39 is 6.10 Å².